The Bertz CT molecular complexity index is 542. The topological polar surface area (TPSA) is 52.8 Å². The van der Waals surface area contributed by atoms with E-state index < -0.39 is 0 Å². The van der Waals surface area contributed by atoms with Gasteiger partial charge in [-0.2, -0.15) is 0 Å². The lowest BCUT2D eigenvalue weighted by atomic mass is 10.1. The van der Waals surface area contributed by atoms with Gasteiger partial charge in [0.15, 0.2) is 0 Å². The summed E-state index contributed by atoms with van der Waals surface area (Å²) in [5, 5.41) is 1.24. The molecule has 2 N–H and O–H groups in total. The van der Waals surface area contributed by atoms with E-state index in [1.165, 1.54) is 23.4 Å². The number of piperazine rings is 1. The van der Waals surface area contributed by atoms with Gasteiger partial charge in [-0.05, 0) is 25.8 Å². The lowest BCUT2D eigenvalue weighted by molar-refractivity contribution is 0.0833. The molecule has 116 valence electrons. The van der Waals surface area contributed by atoms with Crippen LogP contribution in [0.2, 0.25) is 0 Å². The number of carbonyl (C=O) groups excluding carboxylic acids is 1. The Morgan fingerprint density at radius 3 is 2.38 bits per heavy atom. The van der Waals surface area contributed by atoms with Crippen LogP contribution in [0.25, 0.3) is 0 Å². The number of rotatable bonds is 3. The summed E-state index contributed by atoms with van der Waals surface area (Å²) in [5.41, 5.74) is 8.32. The summed E-state index contributed by atoms with van der Waals surface area (Å²) in [7, 11) is 5.73. The molecule has 0 unspecified atom stereocenters. The van der Waals surface area contributed by atoms with E-state index in [0.717, 1.165) is 36.7 Å². The van der Waals surface area contributed by atoms with Gasteiger partial charge >= 0.3 is 0 Å². The van der Waals surface area contributed by atoms with Gasteiger partial charge in [0.25, 0.3) is 5.91 Å². The van der Waals surface area contributed by atoms with Crippen molar-refractivity contribution >= 4 is 27.9 Å². The molecule has 1 aromatic rings. The summed E-state index contributed by atoms with van der Waals surface area (Å²) in [5.74, 6) is 0.597. The molecule has 0 bridgehead atoms. The monoisotopic (exact) mass is 308 g/mol. The predicted molar refractivity (Wildman–Crippen MR) is 88.4 cm³/mol. The third-order valence-electron chi connectivity index (χ3n) is 4.34. The number of hydrogen-bond donors (Lipinski definition) is 1. The maximum Gasteiger partial charge on any atom is 0.265 e. The van der Waals surface area contributed by atoms with E-state index in [1.54, 1.807) is 30.3 Å². The van der Waals surface area contributed by atoms with Crippen LogP contribution in [0.3, 0.4) is 0 Å². The van der Waals surface area contributed by atoms with E-state index in [9.17, 15) is 4.79 Å². The molecular formula is C15H24N4OS. The number of nitrogen functional groups attached to an aromatic ring is 1. The first-order chi connectivity index (χ1) is 9.99. The van der Waals surface area contributed by atoms with Crippen LogP contribution in [0.15, 0.2) is 0 Å². The van der Waals surface area contributed by atoms with E-state index in [4.69, 9.17) is 5.73 Å². The summed E-state index contributed by atoms with van der Waals surface area (Å²) in [6, 6.07) is 0. The SMILES string of the molecule is CN1CCN(c2sc(C(=O)N(C)C)c(N)c2C2CC2)CC1. The molecule has 0 atom stereocenters. The molecular weight excluding hydrogens is 284 g/mol. The van der Waals surface area contributed by atoms with Gasteiger partial charge in [0.2, 0.25) is 0 Å². The smallest absolute Gasteiger partial charge is 0.265 e. The normalized spacial score (nSPS) is 19.9. The Labute approximate surface area is 130 Å². The van der Waals surface area contributed by atoms with E-state index in [-0.39, 0.29) is 5.91 Å². The third-order valence-corrected chi connectivity index (χ3v) is 5.61. The van der Waals surface area contributed by atoms with Crippen LogP contribution in [0, 0.1) is 0 Å². The summed E-state index contributed by atoms with van der Waals surface area (Å²) < 4.78 is 0. The zero-order chi connectivity index (χ0) is 15.1. The standard InChI is InChI=1S/C15H24N4OS/c1-17(2)14(20)13-12(16)11(10-4-5-10)15(21-13)19-8-6-18(3)7-9-19/h10H,4-9,16H2,1-3H3. The number of likely N-dealkylation sites (N-methyl/N-ethyl adjacent to an activating group) is 1. The van der Waals surface area contributed by atoms with E-state index in [1.807, 2.05) is 0 Å². The van der Waals surface area contributed by atoms with Gasteiger partial charge in [-0.25, -0.2) is 0 Å². The predicted octanol–water partition coefficient (Wildman–Crippen LogP) is 1.66. The molecule has 0 spiro atoms. The van der Waals surface area contributed by atoms with Crippen molar-refractivity contribution in [3.8, 4) is 0 Å². The first-order valence-electron chi connectivity index (χ1n) is 7.56. The van der Waals surface area contributed by atoms with Crippen LogP contribution in [0.1, 0.15) is 34.0 Å². The van der Waals surface area contributed by atoms with Crippen LogP contribution in [-0.4, -0.2) is 63.0 Å². The fourth-order valence-corrected chi connectivity index (χ4v) is 4.20. The minimum Gasteiger partial charge on any atom is -0.397 e. The Morgan fingerprint density at radius 2 is 1.86 bits per heavy atom. The van der Waals surface area contributed by atoms with Crippen molar-refractivity contribution in [1.82, 2.24) is 9.80 Å². The maximum atomic E-state index is 12.3. The van der Waals surface area contributed by atoms with Gasteiger partial charge in [-0.3, -0.25) is 4.79 Å². The number of nitrogens with two attached hydrogens (primary N) is 1. The number of anilines is 2. The third kappa shape index (κ3) is 2.74. The van der Waals surface area contributed by atoms with Crippen LogP contribution in [-0.2, 0) is 0 Å². The minimum atomic E-state index is 0.0276. The van der Waals surface area contributed by atoms with E-state index in [0.29, 0.717) is 5.92 Å². The fraction of sp³-hybridized carbons (Fsp3) is 0.667. The van der Waals surface area contributed by atoms with Crippen molar-refractivity contribution in [3.63, 3.8) is 0 Å². The van der Waals surface area contributed by atoms with Crippen LogP contribution >= 0.6 is 11.3 Å². The molecule has 1 aliphatic heterocycles. The molecule has 5 nitrogen and oxygen atoms in total. The molecule has 2 heterocycles. The van der Waals surface area contributed by atoms with Gasteiger partial charge in [0, 0.05) is 45.8 Å². The lowest BCUT2D eigenvalue weighted by Gasteiger charge is -2.33. The summed E-state index contributed by atoms with van der Waals surface area (Å²) in [6.45, 7) is 4.18. The van der Waals surface area contributed by atoms with Crippen molar-refractivity contribution in [2.45, 2.75) is 18.8 Å². The van der Waals surface area contributed by atoms with Gasteiger partial charge in [0.1, 0.15) is 4.88 Å². The van der Waals surface area contributed by atoms with E-state index >= 15 is 0 Å². The van der Waals surface area contributed by atoms with Gasteiger partial charge < -0.3 is 20.4 Å². The molecule has 3 rings (SSSR count). The highest BCUT2D eigenvalue weighted by Gasteiger charge is 2.35. The average Bonchev–Trinajstić information content (AvgIpc) is 3.22. The summed E-state index contributed by atoms with van der Waals surface area (Å²) >= 11 is 1.59. The van der Waals surface area contributed by atoms with Crippen molar-refractivity contribution in [2.24, 2.45) is 0 Å². The second-order valence-corrected chi connectivity index (χ2v) is 7.33. The van der Waals surface area contributed by atoms with Gasteiger partial charge in [-0.1, -0.05) is 0 Å². The maximum absolute atomic E-state index is 12.3. The number of nitrogens with zero attached hydrogens (tertiary/aromatic N) is 3. The van der Waals surface area contributed by atoms with Gasteiger partial charge in [-0.15, -0.1) is 11.3 Å². The van der Waals surface area contributed by atoms with Crippen molar-refractivity contribution < 1.29 is 4.79 Å². The molecule has 0 radical (unpaired) electrons. The van der Waals surface area contributed by atoms with E-state index in [2.05, 4.69) is 16.8 Å². The van der Waals surface area contributed by atoms with Gasteiger partial charge in [0.05, 0.1) is 10.7 Å². The molecule has 1 aliphatic carbocycles. The zero-order valence-corrected chi connectivity index (χ0v) is 13.9. The second-order valence-electron chi connectivity index (χ2n) is 6.33. The first kappa shape index (κ1) is 14.7. The van der Waals surface area contributed by atoms with Crippen molar-refractivity contribution in [3.05, 3.63) is 10.4 Å². The Kier molecular flexibility index (Phi) is 3.84. The number of thiophene rings is 1. The molecule has 1 saturated carbocycles. The molecule has 1 aromatic heterocycles. The van der Waals surface area contributed by atoms with Crippen molar-refractivity contribution in [2.75, 3.05) is 58.0 Å². The van der Waals surface area contributed by atoms with Crippen LogP contribution in [0.5, 0.6) is 0 Å². The van der Waals surface area contributed by atoms with Crippen molar-refractivity contribution in [1.29, 1.82) is 0 Å². The fourth-order valence-electron chi connectivity index (χ4n) is 2.82. The summed E-state index contributed by atoms with van der Waals surface area (Å²) in [4.78, 5) is 19.4. The van der Waals surface area contributed by atoms with Crippen LogP contribution in [0.4, 0.5) is 10.7 Å². The average molecular weight is 308 g/mol. The largest absolute Gasteiger partial charge is 0.397 e. The lowest BCUT2D eigenvalue weighted by Crippen LogP contribution is -2.44. The molecule has 1 amide bonds. The number of hydrogen-bond acceptors (Lipinski definition) is 5. The highest BCUT2D eigenvalue weighted by molar-refractivity contribution is 7.18. The molecule has 2 aliphatic rings. The molecule has 2 fully saturated rings. The molecule has 1 saturated heterocycles. The summed E-state index contributed by atoms with van der Waals surface area (Å²) in [6.07, 6.45) is 2.41. The number of carbonyl (C=O) groups is 1. The number of amides is 1. The molecule has 21 heavy (non-hydrogen) atoms. The second kappa shape index (κ2) is 5.50. The Morgan fingerprint density at radius 1 is 1.24 bits per heavy atom. The highest BCUT2D eigenvalue weighted by atomic mass is 32.1. The molecule has 6 heteroatoms. The Balaban J connectivity index is 1.95. The minimum absolute atomic E-state index is 0.0276. The Hall–Kier alpha value is -1.27. The van der Waals surface area contributed by atoms with Crippen LogP contribution < -0.4 is 10.6 Å². The quantitative estimate of drug-likeness (QED) is 0.923. The highest BCUT2D eigenvalue weighted by Crippen LogP contribution is 2.52. The first-order valence-corrected chi connectivity index (χ1v) is 8.38. The zero-order valence-electron chi connectivity index (χ0n) is 13.1. The molecule has 0 aromatic carbocycles.